The minimum absolute atomic E-state index is 0.584. The third-order valence-corrected chi connectivity index (χ3v) is 3.27. The summed E-state index contributed by atoms with van der Waals surface area (Å²) in [5, 5.41) is 3.85. The summed E-state index contributed by atoms with van der Waals surface area (Å²) >= 11 is 1.62. The van der Waals surface area contributed by atoms with Gasteiger partial charge in [-0.3, -0.25) is 4.57 Å². The molecular formula is C12H19N7S. The van der Waals surface area contributed by atoms with E-state index in [1.54, 1.807) is 28.9 Å². The van der Waals surface area contributed by atoms with E-state index in [0.29, 0.717) is 11.9 Å². The van der Waals surface area contributed by atoms with E-state index in [9.17, 15) is 0 Å². The van der Waals surface area contributed by atoms with E-state index in [2.05, 4.69) is 44.2 Å². The lowest BCUT2D eigenvalue weighted by molar-refractivity contribution is 0.437. The van der Waals surface area contributed by atoms with E-state index in [-0.39, 0.29) is 0 Å². The van der Waals surface area contributed by atoms with Gasteiger partial charge in [-0.1, -0.05) is 11.8 Å². The Morgan fingerprint density at radius 3 is 2.80 bits per heavy atom. The molecule has 2 heterocycles. The van der Waals surface area contributed by atoms with Gasteiger partial charge in [-0.05, 0) is 21.0 Å². The van der Waals surface area contributed by atoms with E-state index >= 15 is 0 Å². The lowest BCUT2D eigenvalue weighted by atomic mass is 10.7. The van der Waals surface area contributed by atoms with Crippen molar-refractivity contribution >= 4 is 17.7 Å². The van der Waals surface area contributed by atoms with Crippen molar-refractivity contribution in [2.24, 2.45) is 0 Å². The number of imidazole rings is 1. The van der Waals surface area contributed by atoms with Crippen molar-refractivity contribution in [2.75, 3.05) is 38.3 Å². The van der Waals surface area contributed by atoms with Gasteiger partial charge in [-0.25, -0.2) is 4.98 Å². The molecule has 2 aromatic rings. The number of hydrogen-bond donors (Lipinski definition) is 1. The van der Waals surface area contributed by atoms with E-state index in [1.165, 1.54) is 0 Å². The van der Waals surface area contributed by atoms with Crippen LogP contribution in [0.4, 0.5) is 5.95 Å². The molecule has 0 radical (unpaired) electrons. The highest BCUT2D eigenvalue weighted by atomic mass is 32.2. The van der Waals surface area contributed by atoms with Gasteiger partial charge in [0, 0.05) is 31.2 Å². The van der Waals surface area contributed by atoms with Gasteiger partial charge < -0.3 is 10.2 Å². The molecule has 0 atom stereocenters. The minimum Gasteiger partial charge on any atom is -0.354 e. The molecule has 0 aliphatic carbocycles. The number of rotatable bonds is 7. The van der Waals surface area contributed by atoms with Gasteiger partial charge in [-0.15, -0.1) is 0 Å². The van der Waals surface area contributed by atoms with Gasteiger partial charge >= 0.3 is 0 Å². The zero-order valence-electron chi connectivity index (χ0n) is 11.9. The second-order valence-electron chi connectivity index (χ2n) is 4.39. The van der Waals surface area contributed by atoms with Crippen molar-refractivity contribution in [1.29, 1.82) is 0 Å². The molecule has 1 N–H and O–H groups in total. The van der Waals surface area contributed by atoms with Crippen molar-refractivity contribution in [1.82, 2.24) is 29.4 Å². The van der Waals surface area contributed by atoms with Gasteiger partial charge in [0.15, 0.2) is 5.16 Å². The molecule has 7 nitrogen and oxygen atoms in total. The quantitative estimate of drug-likeness (QED) is 0.768. The summed E-state index contributed by atoms with van der Waals surface area (Å²) < 4.78 is 1.78. The van der Waals surface area contributed by atoms with Crippen molar-refractivity contribution in [3.63, 3.8) is 0 Å². The van der Waals surface area contributed by atoms with Gasteiger partial charge in [0.2, 0.25) is 11.9 Å². The van der Waals surface area contributed by atoms with E-state index in [1.807, 2.05) is 13.1 Å². The molecule has 8 heteroatoms. The predicted molar refractivity (Wildman–Crippen MR) is 80.4 cm³/mol. The van der Waals surface area contributed by atoms with Crippen LogP contribution in [0.15, 0.2) is 23.9 Å². The predicted octanol–water partition coefficient (Wildman–Crippen LogP) is 1.14. The largest absolute Gasteiger partial charge is 0.354 e. The van der Waals surface area contributed by atoms with Crippen LogP contribution in [0.25, 0.3) is 5.95 Å². The Balaban J connectivity index is 2.17. The Morgan fingerprint density at radius 1 is 1.30 bits per heavy atom. The molecular weight excluding hydrogens is 274 g/mol. The van der Waals surface area contributed by atoms with Crippen LogP contribution in [0.2, 0.25) is 0 Å². The first-order chi connectivity index (χ1) is 9.69. The molecule has 0 unspecified atom stereocenters. The maximum atomic E-state index is 4.46. The Hall–Kier alpha value is -1.67. The van der Waals surface area contributed by atoms with Gasteiger partial charge in [0.05, 0.1) is 0 Å². The smallest absolute Gasteiger partial charge is 0.240 e. The highest BCUT2D eigenvalue weighted by Gasteiger charge is 2.08. The SMILES string of the molecule is CCNc1nc(SCCN(C)C)nc(-n2ccnc2)n1. The Labute approximate surface area is 122 Å². The van der Waals surface area contributed by atoms with Crippen LogP contribution in [0.5, 0.6) is 0 Å². The van der Waals surface area contributed by atoms with Crippen LogP contribution in [0.1, 0.15) is 6.92 Å². The molecule has 0 aliphatic heterocycles. The third-order valence-electron chi connectivity index (χ3n) is 2.44. The van der Waals surface area contributed by atoms with Gasteiger partial charge in [0.1, 0.15) is 6.33 Å². The highest BCUT2D eigenvalue weighted by molar-refractivity contribution is 7.99. The van der Waals surface area contributed by atoms with Crippen LogP contribution in [0, 0.1) is 0 Å². The van der Waals surface area contributed by atoms with Crippen LogP contribution in [-0.2, 0) is 0 Å². The molecule has 0 amide bonds. The van der Waals surface area contributed by atoms with Gasteiger partial charge in [-0.2, -0.15) is 15.0 Å². The van der Waals surface area contributed by atoms with Crippen molar-refractivity contribution < 1.29 is 0 Å². The molecule has 2 rings (SSSR count). The van der Waals surface area contributed by atoms with E-state index in [4.69, 9.17) is 0 Å². The van der Waals surface area contributed by atoms with E-state index in [0.717, 1.165) is 24.0 Å². The number of nitrogens with one attached hydrogen (secondary N) is 1. The van der Waals surface area contributed by atoms with Crippen LogP contribution in [-0.4, -0.2) is 62.3 Å². The zero-order valence-corrected chi connectivity index (χ0v) is 12.8. The number of thioether (sulfide) groups is 1. The second kappa shape index (κ2) is 7.20. The summed E-state index contributed by atoms with van der Waals surface area (Å²) in [5.74, 6) is 2.12. The summed E-state index contributed by atoms with van der Waals surface area (Å²) in [6, 6.07) is 0. The topological polar surface area (TPSA) is 71.8 Å². The third kappa shape index (κ3) is 4.17. The summed E-state index contributed by atoms with van der Waals surface area (Å²) in [5.41, 5.74) is 0. The summed E-state index contributed by atoms with van der Waals surface area (Å²) in [7, 11) is 4.10. The molecule has 0 spiro atoms. The fourth-order valence-corrected chi connectivity index (χ4v) is 2.40. The molecule has 108 valence electrons. The fourth-order valence-electron chi connectivity index (χ4n) is 1.46. The van der Waals surface area contributed by atoms with Crippen LogP contribution in [0.3, 0.4) is 0 Å². The summed E-state index contributed by atoms with van der Waals surface area (Å²) in [6.07, 6.45) is 5.20. The molecule has 2 aromatic heterocycles. The monoisotopic (exact) mass is 293 g/mol. The average molecular weight is 293 g/mol. The lowest BCUT2D eigenvalue weighted by Gasteiger charge is -2.10. The van der Waals surface area contributed by atoms with Crippen LogP contribution >= 0.6 is 11.8 Å². The molecule has 0 saturated carbocycles. The zero-order chi connectivity index (χ0) is 14.4. The first-order valence-corrected chi connectivity index (χ1v) is 7.43. The van der Waals surface area contributed by atoms with Crippen molar-refractivity contribution in [3.05, 3.63) is 18.7 Å². The van der Waals surface area contributed by atoms with E-state index < -0.39 is 0 Å². The Bertz CT molecular complexity index is 527. The fraction of sp³-hybridized carbons (Fsp3) is 0.500. The second-order valence-corrected chi connectivity index (χ2v) is 5.46. The maximum absolute atomic E-state index is 4.46. The molecule has 0 saturated heterocycles. The number of anilines is 1. The molecule has 0 fully saturated rings. The number of nitrogens with zero attached hydrogens (tertiary/aromatic N) is 6. The Kier molecular flexibility index (Phi) is 5.31. The maximum Gasteiger partial charge on any atom is 0.240 e. The summed E-state index contributed by atoms with van der Waals surface area (Å²) in [4.78, 5) is 19.4. The van der Waals surface area contributed by atoms with Gasteiger partial charge in [0.25, 0.3) is 0 Å². The Morgan fingerprint density at radius 2 is 2.15 bits per heavy atom. The molecule has 0 bridgehead atoms. The first-order valence-electron chi connectivity index (χ1n) is 6.45. The highest BCUT2D eigenvalue weighted by Crippen LogP contribution is 2.16. The first kappa shape index (κ1) is 14.7. The molecule has 0 aliphatic rings. The number of aromatic nitrogens is 5. The minimum atomic E-state index is 0.584. The average Bonchev–Trinajstić information content (AvgIpc) is 2.92. The van der Waals surface area contributed by atoms with Crippen LogP contribution < -0.4 is 5.32 Å². The summed E-state index contributed by atoms with van der Waals surface area (Å²) in [6.45, 7) is 3.77. The molecule has 0 aromatic carbocycles. The lowest BCUT2D eigenvalue weighted by Crippen LogP contribution is -2.15. The normalized spacial score (nSPS) is 11.0. The molecule has 20 heavy (non-hydrogen) atoms. The standard InChI is InChI=1S/C12H19N7S/c1-4-14-10-15-11(19-6-5-13-9-19)17-12(16-10)20-8-7-18(2)3/h5-6,9H,4,7-8H2,1-3H3,(H,14,15,16,17). The van der Waals surface area contributed by atoms with Crippen molar-refractivity contribution in [2.45, 2.75) is 12.1 Å². The van der Waals surface area contributed by atoms with Crippen molar-refractivity contribution in [3.8, 4) is 5.95 Å². The number of hydrogen-bond acceptors (Lipinski definition) is 7.